The summed E-state index contributed by atoms with van der Waals surface area (Å²) < 4.78 is 11.6. The van der Waals surface area contributed by atoms with Crippen LogP contribution in [0.2, 0.25) is 15.1 Å². The van der Waals surface area contributed by atoms with Crippen LogP contribution in [0.5, 0.6) is 5.75 Å². The molecule has 1 aliphatic heterocycles. The average molecular weight is 688 g/mol. The van der Waals surface area contributed by atoms with Gasteiger partial charge in [0.1, 0.15) is 24.6 Å². The van der Waals surface area contributed by atoms with Crippen LogP contribution in [-0.4, -0.2) is 35.5 Å². The first-order chi connectivity index (χ1) is 17.7. The molecule has 190 valence electrons. The highest BCUT2D eigenvalue weighted by atomic mass is 127. The molecule has 0 atom stereocenters. The van der Waals surface area contributed by atoms with Gasteiger partial charge in [0.15, 0.2) is 5.11 Å². The summed E-state index contributed by atoms with van der Waals surface area (Å²) in [6.45, 7) is 0.0549. The lowest BCUT2D eigenvalue weighted by Crippen LogP contribution is -2.35. The molecule has 4 rings (SSSR count). The van der Waals surface area contributed by atoms with Gasteiger partial charge in [-0.05, 0) is 95.0 Å². The zero-order valence-electron chi connectivity index (χ0n) is 19.2. The van der Waals surface area contributed by atoms with Crippen LogP contribution < -0.4 is 9.64 Å². The van der Waals surface area contributed by atoms with Gasteiger partial charge in [-0.2, -0.15) is 0 Å². The molecular formula is C26H18Cl3IN2O4S. The lowest BCUT2D eigenvalue weighted by Gasteiger charge is -2.19. The predicted molar refractivity (Wildman–Crippen MR) is 158 cm³/mol. The number of nitrogens with zero attached hydrogens (tertiary/aromatic N) is 2. The fourth-order valence-electron chi connectivity index (χ4n) is 3.52. The highest BCUT2D eigenvalue weighted by Gasteiger charge is 2.40. The number of carbonyl (C=O) groups is 2. The summed E-state index contributed by atoms with van der Waals surface area (Å²) in [4.78, 5) is 28.4. The second kappa shape index (κ2) is 12.0. The molecule has 37 heavy (non-hydrogen) atoms. The highest BCUT2D eigenvalue weighted by Crippen LogP contribution is 2.31. The summed E-state index contributed by atoms with van der Waals surface area (Å²) in [6.07, 6.45) is 1.68. The van der Waals surface area contributed by atoms with Gasteiger partial charge in [-0.25, -0.2) is 0 Å². The van der Waals surface area contributed by atoms with Crippen molar-refractivity contribution >= 4 is 98.4 Å². The Morgan fingerprint density at radius 2 is 1.73 bits per heavy atom. The summed E-state index contributed by atoms with van der Waals surface area (Å²) >= 11 is 25.9. The van der Waals surface area contributed by atoms with Gasteiger partial charge in [0.05, 0.1) is 16.4 Å². The van der Waals surface area contributed by atoms with Crippen molar-refractivity contribution in [2.45, 2.75) is 6.61 Å². The van der Waals surface area contributed by atoms with Crippen LogP contribution in [0, 0.1) is 3.57 Å². The van der Waals surface area contributed by atoms with Crippen LogP contribution in [0.4, 0.5) is 5.69 Å². The molecule has 0 aliphatic carbocycles. The Bertz CT molecular complexity index is 1420. The van der Waals surface area contributed by atoms with Crippen molar-refractivity contribution in [3.63, 3.8) is 0 Å². The number of benzene rings is 3. The van der Waals surface area contributed by atoms with E-state index in [1.165, 1.54) is 16.9 Å². The van der Waals surface area contributed by atoms with Crippen molar-refractivity contribution in [2.24, 2.45) is 0 Å². The van der Waals surface area contributed by atoms with E-state index < -0.39 is 5.97 Å². The summed E-state index contributed by atoms with van der Waals surface area (Å²) in [6, 6.07) is 17.4. The SMILES string of the molecule is COC(=O)CN1C(=S)N(c2ccc(Cl)cc2)C(=O)/C1=C/c1ccc(OCc2ccc(Cl)cc2Cl)c(I)c1. The van der Waals surface area contributed by atoms with E-state index in [4.69, 9.17) is 56.5 Å². The van der Waals surface area contributed by atoms with Gasteiger partial charge >= 0.3 is 5.97 Å². The van der Waals surface area contributed by atoms with Gasteiger partial charge in [0.2, 0.25) is 0 Å². The number of hydrogen-bond acceptors (Lipinski definition) is 5. The molecule has 11 heteroatoms. The van der Waals surface area contributed by atoms with E-state index in [9.17, 15) is 9.59 Å². The van der Waals surface area contributed by atoms with E-state index in [-0.39, 0.29) is 29.9 Å². The minimum absolute atomic E-state index is 0.165. The Balaban J connectivity index is 1.61. The summed E-state index contributed by atoms with van der Waals surface area (Å²) in [5.74, 6) is -0.252. The van der Waals surface area contributed by atoms with Crippen LogP contribution in [0.1, 0.15) is 11.1 Å². The summed E-state index contributed by atoms with van der Waals surface area (Å²) in [5, 5.41) is 1.77. The normalized spacial score (nSPS) is 14.5. The Labute approximate surface area is 247 Å². The molecule has 1 heterocycles. The third-order valence-electron chi connectivity index (χ3n) is 5.39. The second-order valence-electron chi connectivity index (χ2n) is 7.81. The van der Waals surface area contributed by atoms with Crippen LogP contribution >= 0.6 is 69.6 Å². The third kappa shape index (κ3) is 6.38. The first-order valence-corrected chi connectivity index (χ1v) is 13.4. The van der Waals surface area contributed by atoms with E-state index >= 15 is 0 Å². The third-order valence-corrected chi connectivity index (χ3v) is 7.48. The topological polar surface area (TPSA) is 59.1 Å². The fraction of sp³-hybridized carbons (Fsp3) is 0.115. The maximum absolute atomic E-state index is 13.4. The number of hydrogen-bond donors (Lipinski definition) is 0. The molecule has 3 aromatic rings. The number of carbonyl (C=O) groups excluding carboxylic acids is 2. The molecular weight excluding hydrogens is 670 g/mol. The number of esters is 1. The molecule has 6 nitrogen and oxygen atoms in total. The van der Waals surface area contributed by atoms with Crippen molar-refractivity contribution in [3.05, 3.63) is 96.1 Å². The van der Waals surface area contributed by atoms with E-state index in [1.54, 1.807) is 48.5 Å². The standard InChI is InChI=1S/C26H18Cl3IN2O4S/c1-35-24(33)13-31-22(25(34)32(26(31)37)19-7-5-17(27)6-8-19)11-15-2-9-23(21(30)10-15)36-14-16-3-4-18(28)12-20(16)29/h2-12H,13-14H2,1H3/b22-11-. The number of methoxy groups -OCH3 is 1. The quantitative estimate of drug-likeness (QED) is 0.116. The van der Waals surface area contributed by atoms with E-state index in [0.717, 1.165) is 14.7 Å². The van der Waals surface area contributed by atoms with Crippen molar-refractivity contribution in [2.75, 3.05) is 18.6 Å². The first kappa shape index (κ1) is 27.7. The molecule has 0 aromatic heterocycles. The highest BCUT2D eigenvalue weighted by molar-refractivity contribution is 14.1. The number of thiocarbonyl (C=S) groups is 1. The van der Waals surface area contributed by atoms with E-state index in [1.807, 2.05) is 18.2 Å². The van der Waals surface area contributed by atoms with Crippen LogP contribution in [-0.2, 0) is 20.9 Å². The Morgan fingerprint density at radius 1 is 1.03 bits per heavy atom. The largest absolute Gasteiger partial charge is 0.488 e. The predicted octanol–water partition coefficient (Wildman–Crippen LogP) is 6.98. The summed E-state index contributed by atoms with van der Waals surface area (Å²) in [5.41, 5.74) is 2.30. The molecule has 0 N–H and O–H groups in total. The van der Waals surface area contributed by atoms with E-state index in [0.29, 0.717) is 26.5 Å². The minimum Gasteiger partial charge on any atom is -0.488 e. The second-order valence-corrected chi connectivity index (χ2v) is 10.6. The number of ether oxygens (including phenoxy) is 2. The molecule has 1 amide bonds. The van der Waals surface area contributed by atoms with Gasteiger partial charge < -0.3 is 14.4 Å². The van der Waals surface area contributed by atoms with Crippen LogP contribution in [0.25, 0.3) is 6.08 Å². The van der Waals surface area contributed by atoms with Crippen molar-refractivity contribution < 1.29 is 19.1 Å². The number of rotatable bonds is 7. The van der Waals surface area contributed by atoms with Gasteiger partial charge in [-0.15, -0.1) is 0 Å². The number of amides is 1. The zero-order chi connectivity index (χ0) is 26.7. The maximum Gasteiger partial charge on any atom is 0.325 e. The van der Waals surface area contributed by atoms with Gasteiger partial charge in [0, 0.05) is 20.6 Å². The molecule has 0 saturated carbocycles. The lowest BCUT2D eigenvalue weighted by atomic mass is 10.1. The number of halogens is 4. The Morgan fingerprint density at radius 3 is 2.38 bits per heavy atom. The van der Waals surface area contributed by atoms with Crippen LogP contribution in [0.15, 0.2) is 66.4 Å². The smallest absolute Gasteiger partial charge is 0.325 e. The lowest BCUT2D eigenvalue weighted by molar-refractivity contribution is -0.140. The molecule has 3 aromatic carbocycles. The van der Waals surface area contributed by atoms with Gasteiger partial charge in [0.25, 0.3) is 5.91 Å². The molecule has 0 unspecified atom stereocenters. The van der Waals surface area contributed by atoms with Crippen molar-refractivity contribution in [1.29, 1.82) is 0 Å². The Kier molecular flexibility index (Phi) is 8.97. The van der Waals surface area contributed by atoms with Gasteiger partial charge in [-0.1, -0.05) is 46.9 Å². The minimum atomic E-state index is -0.529. The van der Waals surface area contributed by atoms with Crippen LogP contribution in [0.3, 0.4) is 0 Å². The van der Waals surface area contributed by atoms with Crippen molar-refractivity contribution in [3.8, 4) is 5.75 Å². The average Bonchev–Trinajstić information content (AvgIpc) is 3.09. The summed E-state index contributed by atoms with van der Waals surface area (Å²) in [7, 11) is 1.28. The molecule has 0 spiro atoms. The zero-order valence-corrected chi connectivity index (χ0v) is 24.5. The molecule has 1 aliphatic rings. The van der Waals surface area contributed by atoms with E-state index in [2.05, 4.69) is 22.6 Å². The van der Waals surface area contributed by atoms with Gasteiger partial charge in [-0.3, -0.25) is 14.5 Å². The van der Waals surface area contributed by atoms with Crippen molar-refractivity contribution in [1.82, 2.24) is 4.90 Å². The number of anilines is 1. The molecule has 1 saturated heterocycles. The maximum atomic E-state index is 13.4. The fourth-order valence-corrected chi connectivity index (χ4v) is 5.16. The molecule has 1 fully saturated rings. The molecule has 0 bridgehead atoms. The Hall–Kier alpha value is -2.37. The first-order valence-electron chi connectivity index (χ1n) is 10.7. The monoisotopic (exact) mass is 686 g/mol. The molecule has 0 radical (unpaired) electrons.